The molecule has 0 aliphatic carbocycles. The molecule has 1 amide bonds. The number of hydrogen-bond acceptors (Lipinski definition) is 2. The van der Waals surface area contributed by atoms with E-state index in [1.165, 1.54) is 6.08 Å². The Morgan fingerprint density at radius 1 is 1.47 bits per heavy atom. The molecule has 0 radical (unpaired) electrons. The third kappa shape index (κ3) is 4.83. The highest BCUT2D eigenvalue weighted by Crippen LogP contribution is 2.08. The summed E-state index contributed by atoms with van der Waals surface area (Å²) in [4.78, 5) is 11.4. The Balaban J connectivity index is 2.49. The Bertz CT molecular complexity index is 399. The van der Waals surface area contributed by atoms with Crippen molar-refractivity contribution in [2.45, 2.75) is 26.4 Å². The van der Waals surface area contributed by atoms with Crippen molar-refractivity contribution in [2.24, 2.45) is 0 Å². The van der Waals surface area contributed by atoms with Gasteiger partial charge in [-0.3, -0.25) is 4.79 Å². The van der Waals surface area contributed by atoms with Crippen molar-refractivity contribution in [1.29, 1.82) is 0 Å². The number of benzene rings is 1. The first-order valence-corrected chi connectivity index (χ1v) is 5.83. The molecule has 1 aromatic rings. The first-order chi connectivity index (χ1) is 8.13. The third-order valence-electron chi connectivity index (χ3n) is 2.59. The number of aliphatic hydroxyl groups excluding tert-OH is 1. The standard InChI is InChI=1S/C14H19NO2/c1-3-13(16)10-15-14(17)9-8-12-7-5-4-6-11(12)2/h4-9,13,16H,3,10H2,1-2H3,(H,15,17)/b9-8+. The molecule has 3 heteroatoms. The monoisotopic (exact) mass is 233 g/mol. The largest absolute Gasteiger partial charge is 0.391 e. The van der Waals surface area contributed by atoms with E-state index in [0.717, 1.165) is 11.1 Å². The van der Waals surface area contributed by atoms with Crippen LogP contribution < -0.4 is 5.32 Å². The van der Waals surface area contributed by atoms with Crippen molar-refractivity contribution in [3.8, 4) is 0 Å². The fraction of sp³-hybridized carbons (Fsp3) is 0.357. The summed E-state index contributed by atoms with van der Waals surface area (Å²) in [5.74, 6) is -0.180. The Morgan fingerprint density at radius 3 is 2.82 bits per heavy atom. The fourth-order valence-corrected chi connectivity index (χ4v) is 1.36. The number of carbonyl (C=O) groups excluding carboxylic acids is 1. The number of amides is 1. The van der Waals surface area contributed by atoms with Crippen molar-refractivity contribution in [2.75, 3.05) is 6.54 Å². The fourth-order valence-electron chi connectivity index (χ4n) is 1.36. The molecule has 0 fully saturated rings. The van der Waals surface area contributed by atoms with Crippen molar-refractivity contribution >= 4 is 12.0 Å². The zero-order valence-electron chi connectivity index (χ0n) is 10.3. The minimum absolute atomic E-state index is 0.180. The quantitative estimate of drug-likeness (QED) is 0.763. The summed E-state index contributed by atoms with van der Waals surface area (Å²) in [6, 6.07) is 7.86. The second-order valence-corrected chi connectivity index (χ2v) is 4.00. The lowest BCUT2D eigenvalue weighted by Crippen LogP contribution is -2.30. The molecular formula is C14H19NO2. The van der Waals surface area contributed by atoms with Gasteiger partial charge in [-0.05, 0) is 30.5 Å². The number of nitrogens with one attached hydrogen (secondary N) is 1. The first-order valence-electron chi connectivity index (χ1n) is 5.83. The zero-order valence-corrected chi connectivity index (χ0v) is 10.3. The molecule has 0 bridgehead atoms. The van der Waals surface area contributed by atoms with Crippen LogP contribution in [0.25, 0.3) is 6.08 Å². The molecule has 1 aromatic carbocycles. The van der Waals surface area contributed by atoms with Crippen LogP contribution in [0.3, 0.4) is 0 Å². The lowest BCUT2D eigenvalue weighted by Gasteiger charge is -2.07. The predicted octanol–water partition coefficient (Wildman–Crippen LogP) is 1.90. The molecule has 0 heterocycles. The maximum absolute atomic E-state index is 11.4. The molecule has 1 unspecified atom stereocenters. The number of carbonyl (C=O) groups is 1. The van der Waals surface area contributed by atoms with Gasteiger partial charge in [0, 0.05) is 12.6 Å². The van der Waals surface area contributed by atoms with Gasteiger partial charge in [-0.1, -0.05) is 31.2 Å². The summed E-state index contributed by atoms with van der Waals surface area (Å²) >= 11 is 0. The van der Waals surface area contributed by atoms with Gasteiger partial charge >= 0.3 is 0 Å². The van der Waals surface area contributed by atoms with Gasteiger partial charge in [-0.2, -0.15) is 0 Å². The van der Waals surface area contributed by atoms with E-state index in [9.17, 15) is 9.90 Å². The van der Waals surface area contributed by atoms with Gasteiger partial charge in [0.2, 0.25) is 5.91 Å². The van der Waals surface area contributed by atoms with Gasteiger partial charge in [0.15, 0.2) is 0 Å². The number of aliphatic hydroxyl groups is 1. The van der Waals surface area contributed by atoms with Crippen LogP contribution in [0.4, 0.5) is 0 Å². The van der Waals surface area contributed by atoms with Crippen molar-refractivity contribution in [1.82, 2.24) is 5.32 Å². The minimum atomic E-state index is -0.467. The van der Waals surface area contributed by atoms with E-state index in [-0.39, 0.29) is 5.91 Å². The maximum Gasteiger partial charge on any atom is 0.244 e. The van der Waals surface area contributed by atoms with Gasteiger partial charge in [-0.15, -0.1) is 0 Å². The summed E-state index contributed by atoms with van der Waals surface area (Å²) in [5, 5.41) is 11.9. The zero-order chi connectivity index (χ0) is 12.7. The van der Waals surface area contributed by atoms with Gasteiger partial charge < -0.3 is 10.4 Å². The highest BCUT2D eigenvalue weighted by Gasteiger charge is 2.01. The lowest BCUT2D eigenvalue weighted by molar-refractivity contribution is -0.116. The SMILES string of the molecule is CCC(O)CNC(=O)/C=C/c1ccccc1C. The van der Waals surface area contributed by atoms with Crippen LogP contribution in [-0.2, 0) is 4.79 Å². The minimum Gasteiger partial charge on any atom is -0.391 e. The topological polar surface area (TPSA) is 49.3 Å². The third-order valence-corrected chi connectivity index (χ3v) is 2.59. The molecule has 0 aliphatic heterocycles. The predicted molar refractivity (Wildman–Crippen MR) is 69.5 cm³/mol. The van der Waals surface area contributed by atoms with Crippen LogP contribution in [0.15, 0.2) is 30.3 Å². The van der Waals surface area contributed by atoms with Crippen LogP contribution in [0.5, 0.6) is 0 Å². The van der Waals surface area contributed by atoms with Crippen LogP contribution in [0.1, 0.15) is 24.5 Å². The number of rotatable bonds is 5. The van der Waals surface area contributed by atoms with E-state index in [2.05, 4.69) is 5.32 Å². The molecule has 2 N–H and O–H groups in total. The molecule has 3 nitrogen and oxygen atoms in total. The maximum atomic E-state index is 11.4. The van der Waals surface area contributed by atoms with Crippen LogP contribution in [0, 0.1) is 6.92 Å². The van der Waals surface area contributed by atoms with E-state index in [1.54, 1.807) is 6.08 Å². The highest BCUT2D eigenvalue weighted by atomic mass is 16.3. The lowest BCUT2D eigenvalue weighted by atomic mass is 10.1. The molecule has 0 saturated carbocycles. The smallest absolute Gasteiger partial charge is 0.244 e. The summed E-state index contributed by atoms with van der Waals surface area (Å²) in [6.07, 6.45) is 3.45. The second kappa shape index (κ2) is 6.86. The molecular weight excluding hydrogens is 214 g/mol. The van der Waals surface area contributed by atoms with Gasteiger partial charge in [0.1, 0.15) is 0 Å². The van der Waals surface area contributed by atoms with Gasteiger partial charge in [-0.25, -0.2) is 0 Å². The molecule has 0 aromatic heterocycles. The Kier molecular flexibility index (Phi) is 5.43. The molecule has 0 aliphatic rings. The molecule has 17 heavy (non-hydrogen) atoms. The van der Waals surface area contributed by atoms with Crippen LogP contribution in [-0.4, -0.2) is 23.7 Å². The second-order valence-electron chi connectivity index (χ2n) is 4.00. The highest BCUT2D eigenvalue weighted by molar-refractivity contribution is 5.91. The van der Waals surface area contributed by atoms with E-state index in [1.807, 2.05) is 38.1 Å². The van der Waals surface area contributed by atoms with Crippen molar-refractivity contribution in [3.05, 3.63) is 41.5 Å². The molecule has 1 atom stereocenters. The first kappa shape index (κ1) is 13.5. The van der Waals surface area contributed by atoms with Crippen molar-refractivity contribution < 1.29 is 9.90 Å². The normalized spacial score (nSPS) is 12.6. The van der Waals surface area contributed by atoms with Crippen LogP contribution in [0.2, 0.25) is 0 Å². The van der Waals surface area contributed by atoms with E-state index < -0.39 is 6.10 Å². The van der Waals surface area contributed by atoms with E-state index in [0.29, 0.717) is 13.0 Å². The van der Waals surface area contributed by atoms with E-state index in [4.69, 9.17) is 0 Å². The Morgan fingerprint density at radius 2 is 2.18 bits per heavy atom. The molecule has 0 spiro atoms. The van der Waals surface area contributed by atoms with Gasteiger partial charge in [0.25, 0.3) is 0 Å². The van der Waals surface area contributed by atoms with Crippen LogP contribution >= 0.6 is 0 Å². The van der Waals surface area contributed by atoms with E-state index >= 15 is 0 Å². The molecule has 92 valence electrons. The average molecular weight is 233 g/mol. The summed E-state index contributed by atoms with van der Waals surface area (Å²) in [5.41, 5.74) is 2.16. The summed E-state index contributed by atoms with van der Waals surface area (Å²) in [6.45, 7) is 4.17. The van der Waals surface area contributed by atoms with Crippen molar-refractivity contribution in [3.63, 3.8) is 0 Å². The Hall–Kier alpha value is -1.61. The summed E-state index contributed by atoms with van der Waals surface area (Å²) < 4.78 is 0. The molecule has 0 saturated heterocycles. The molecule has 1 rings (SSSR count). The Labute approximate surface area is 102 Å². The number of hydrogen-bond donors (Lipinski definition) is 2. The number of aryl methyl sites for hydroxylation is 1. The summed E-state index contributed by atoms with van der Waals surface area (Å²) in [7, 11) is 0. The van der Waals surface area contributed by atoms with Gasteiger partial charge in [0.05, 0.1) is 6.10 Å². The average Bonchev–Trinajstić information content (AvgIpc) is 2.35.